The zero-order valence-electron chi connectivity index (χ0n) is 10.7. The molecule has 2 amide bonds. The van der Waals surface area contributed by atoms with Crippen molar-refractivity contribution in [2.45, 2.75) is 13.3 Å². The molecule has 0 bridgehead atoms. The van der Waals surface area contributed by atoms with E-state index in [1.165, 1.54) is 6.07 Å². The van der Waals surface area contributed by atoms with Gasteiger partial charge in [-0.3, -0.25) is 0 Å². The number of amides is 2. The van der Waals surface area contributed by atoms with Crippen molar-refractivity contribution in [3.05, 3.63) is 35.4 Å². The number of urea groups is 1. The molecule has 1 aromatic carbocycles. The molecule has 3 N–H and O–H groups in total. The van der Waals surface area contributed by atoms with Crippen molar-refractivity contribution < 1.29 is 14.7 Å². The van der Waals surface area contributed by atoms with Gasteiger partial charge in [-0.1, -0.05) is 18.1 Å². The molecule has 0 spiro atoms. The molecule has 0 aromatic heterocycles. The maximum Gasteiger partial charge on any atom is 0.335 e. The summed E-state index contributed by atoms with van der Waals surface area (Å²) in [6.45, 7) is 2.46. The third kappa shape index (κ3) is 5.59. The maximum atomic E-state index is 11.3. The summed E-state index contributed by atoms with van der Waals surface area (Å²) in [6.07, 6.45) is 0.577. The summed E-state index contributed by atoms with van der Waals surface area (Å²) in [5.74, 6) is 4.44. The van der Waals surface area contributed by atoms with Crippen LogP contribution in [0, 0.1) is 11.8 Å². The molecule has 0 radical (unpaired) electrons. The molecule has 0 saturated heterocycles. The van der Waals surface area contributed by atoms with Crippen molar-refractivity contribution >= 4 is 12.0 Å². The molecule has 1 rings (SSSR count). The lowest BCUT2D eigenvalue weighted by Crippen LogP contribution is -2.36. The fourth-order valence-corrected chi connectivity index (χ4v) is 1.46. The Morgan fingerprint density at radius 3 is 2.79 bits per heavy atom. The Hall–Kier alpha value is -2.48. The maximum absolute atomic E-state index is 11.3. The molecule has 100 valence electrons. The highest BCUT2D eigenvalue weighted by Crippen LogP contribution is 2.05. The van der Waals surface area contributed by atoms with Crippen molar-refractivity contribution in [2.24, 2.45) is 0 Å². The number of aromatic carboxylic acids is 1. The number of carbonyl (C=O) groups excluding carboxylic acids is 1. The summed E-state index contributed by atoms with van der Waals surface area (Å²) in [6, 6.07) is 6.38. The number of rotatable bonds is 5. The second kappa shape index (κ2) is 7.77. The Balaban J connectivity index is 2.36. The first kappa shape index (κ1) is 14.6. The largest absolute Gasteiger partial charge is 0.478 e. The van der Waals surface area contributed by atoms with E-state index in [-0.39, 0.29) is 11.6 Å². The van der Waals surface area contributed by atoms with Gasteiger partial charge in [0.15, 0.2) is 0 Å². The van der Waals surface area contributed by atoms with Gasteiger partial charge in [0.1, 0.15) is 0 Å². The van der Waals surface area contributed by atoms with E-state index < -0.39 is 5.97 Å². The third-order valence-electron chi connectivity index (χ3n) is 2.39. The number of carboxylic acid groups (broad SMARTS) is 1. The zero-order valence-corrected chi connectivity index (χ0v) is 10.7. The summed E-state index contributed by atoms with van der Waals surface area (Å²) >= 11 is 0. The van der Waals surface area contributed by atoms with Crippen LogP contribution in [0.15, 0.2) is 24.3 Å². The van der Waals surface area contributed by atoms with E-state index in [0.29, 0.717) is 19.5 Å². The molecule has 0 unspecified atom stereocenters. The SMILES string of the molecule is CC#CCNC(=O)NCCc1cccc(C(=O)O)c1. The van der Waals surface area contributed by atoms with Crippen LogP contribution in [0.5, 0.6) is 0 Å². The smallest absolute Gasteiger partial charge is 0.335 e. The average molecular weight is 260 g/mol. The molecule has 0 fully saturated rings. The summed E-state index contributed by atoms with van der Waals surface area (Å²) < 4.78 is 0. The molecule has 1 aromatic rings. The van der Waals surface area contributed by atoms with E-state index in [9.17, 15) is 9.59 Å². The molecule has 5 heteroatoms. The first-order valence-electron chi connectivity index (χ1n) is 5.87. The van der Waals surface area contributed by atoms with E-state index in [0.717, 1.165) is 5.56 Å². The lowest BCUT2D eigenvalue weighted by molar-refractivity contribution is 0.0696. The van der Waals surface area contributed by atoms with Gasteiger partial charge >= 0.3 is 12.0 Å². The van der Waals surface area contributed by atoms with Crippen LogP contribution in [0.1, 0.15) is 22.8 Å². The minimum atomic E-state index is -0.953. The van der Waals surface area contributed by atoms with Crippen molar-refractivity contribution in [1.29, 1.82) is 0 Å². The first-order chi connectivity index (χ1) is 9.13. The summed E-state index contributed by atoms with van der Waals surface area (Å²) in [5.41, 5.74) is 1.12. The number of hydrogen-bond acceptors (Lipinski definition) is 2. The highest BCUT2D eigenvalue weighted by Gasteiger charge is 2.03. The number of carbonyl (C=O) groups is 2. The van der Waals surface area contributed by atoms with Crippen LogP contribution < -0.4 is 10.6 Å². The quantitative estimate of drug-likeness (QED) is 0.697. The van der Waals surface area contributed by atoms with Crippen molar-refractivity contribution in [3.8, 4) is 11.8 Å². The first-order valence-corrected chi connectivity index (χ1v) is 5.87. The fourth-order valence-electron chi connectivity index (χ4n) is 1.46. The minimum absolute atomic E-state index is 0.250. The van der Waals surface area contributed by atoms with E-state index in [1.54, 1.807) is 19.1 Å². The van der Waals surface area contributed by atoms with E-state index in [2.05, 4.69) is 22.5 Å². The highest BCUT2D eigenvalue weighted by molar-refractivity contribution is 5.87. The summed E-state index contributed by atoms with van der Waals surface area (Å²) in [5, 5.41) is 14.1. The number of carboxylic acids is 1. The van der Waals surface area contributed by atoms with Gasteiger partial charge < -0.3 is 15.7 Å². The minimum Gasteiger partial charge on any atom is -0.478 e. The van der Waals surface area contributed by atoms with Crippen molar-refractivity contribution in [1.82, 2.24) is 10.6 Å². The lowest BCUT2D eigenvalue weighted by Gasteiger charge is -2.06. The molecule has 0 atom stereocenters. The molecule has 0 saturated carbocycles. The van der Waals surface area contributed by atoms with Crippen LogP contribution in [-0.4, -0.2) is 30.2 Å². The highest BCUT2D eigenvalue weighted by atomic mass is 16.4. The average Bonchev–Trinajstić information content (AvgIpc) is 2.39. The standard InChI is InChI=1S/C14H16N2O3/c1-2-3-8-15-14(19)16-9-7-11-5-4-6-12(10-11)13(17)18/h4-6,10H,7-9H2,1H3,(H,17,18)(H2,15,16,19). The molecular formula is C14H16N2O3. The van der Waals surface area contributed by atoms with Gasteiger partial charge in [-0.05, 0) is 31.0 Å². The van der Waals surface area contributed by atoms with Crippen LogP contribution in [-0.2, 0) is 6.42 Å². The normalized spacial score (nSPS) is 9.11. The Morgan fingerprint density at radius 2 is 2.11 bits per heavy atom. The topological polar surface area (TPSA) is 78.4 Å². The second-order valence-electron chi connectivity index (χ2n) is 3.79. The third-order valence-corrected chi connectivity index (χ3v) is 2.39. The Bertz CT molecular complexity index is 515. The van der Waals surface area contributed by atoms with Gasteiger partial charge in [0.25, 0.3) is 0 Å². The monoisotopic (exact) mass is 260 g/mol. The van der Waals surface area contributed by atoms with E-state index >= 15 is 0 Å². The van der Waals surface area contributed by atoms with Crippen LogP contribution in [0.25, 0.3) is 0 Å². The lowest BCUT2D eigenvalue weighted by atomic mass is 10.1. The van der Waals surface area contributed by atoms with Gasteiger partial charge in [-0.2, -0.15) is 0 Å². The van der Waals surface area contributed by atoms with Crippen LogP contribution in [0.2, 0.25) is 0 Å². The van der Waals surface area contributed by atoms with Gasteiger partial charge in [-0.15, -0.1) is 5.92 Å². The Kier molecular flexibility index (Phi) is 5.96. The number of hydrogen-bond donors (Lipinski definition) is 3. The van der Waals surface area contributed by atoms with Gasteiger partial charge in [0.2, 0.25) is 0 Å². The van der Waals surface area contributed by atoms with E-state index in [4.69, 9.17) is 5.11 Å². The van der Waals surface area contributed by atoms with Crippen molar-refractivity contribution in [2.75, 3.05) is 13.1 Å². The van der Waals surface area contributed by atoms with Crippen LogP contribution in [0.3, 0.4) is 0 Å². The molecule has 0 aliphatic rings. The summed E-state index contributed by atoms with van der Waals surface area (Å²) in [7, 11) is 0. The summed E-state index contributed by atoms with van der Waals surface area (Å²) in [4.78, 5) is 22.1. The molecule has 5 nitrogen and oxygen atoms in total. The molecule has 19 heavy (non-hydrogen) atoms. The predicted molar refractivity (Wildman–Crippen MR) is 72.0 cm³/mol. The van der Waals surface area contributed by atoms with Gasteiger partial charge in [0, 0.05) is 6.54 Å². The predicted octanol–water partition coefficient (Wildman–Crippen LogP) is 1.25. The van der Waals surface area contributed by atoms with Crippen molar-refractivity contribution in [3.63, 3.8) is 0 Å². The zero-order chi connectivity index (χ0) is 14.1. The second-order valence-corrected chi connectivity index (χ2v) is 3.79. The molecular weight excluding hydrogens is 244 g/mol. The Labute approximate surface area is 112 Å². The molecule has 0 heterocycles. The van der Waals surface area contributed by atoms with E-state index in [1.807, 2.05) is 6.07 Å². The molecule has 0 aliphatic carbocycles. The van der Waals surface area contributed by atoms with Gasteiger partial charge in [0.05, 0.1) is 12.1 Å². The molecule has 0 aliphatic heterocycles. The van der Waals surface area contributed by atoms with Crippen LogP contribution >= 0.6 is 0 Å². The Morgan fingerprint density at radius 1 is 1.32 bits per heavy atom. The number of nitrogens with one attached hydrogen (secondary N) is 2. The fraction of sp³-hybridized carbons (Fsp3) is 0.286. The van der Waals surface area contributed by atoms with Gasteiger partial charge in [-0.25, -0.2) is 9.59 Å². The van der Waals surface area contributed by atoms with Crippen LogP contribution in [0.4, 0.5) is 4.79 Å². The number of benzene rings is 1.